The van der Waals surface area contributed by atoms with Gasteiger partial charge in [-0.25, -0.2) is 0 Å². The molecule has 0 N–H and O–H groups in total. The van der Waals surface area contributed by atoms with Crippen LogP contribution in [-0.2, 0) is 9.16 Å². The highest BCUT2D eigenvalue weighted by Gasteiger charge is 2.37. The van der Waals surface area contributed by atoms with Crippen molar-refractivity contribution in [1.82, 2.24) is 0 Å². The van der Waals surface area contributed by atoms with Gasteiger partial charge >= 0.3 is 0 Å². The van der Waals surface area contributed by atoms with Gasteiger partial charge in [0.15, 0.2) is 0 Å². The Labute approximate surface area is 95.8 Å². The molecule has 0 aliphatic rings. The third-order valence-electron chi connectivity index (χ3n) is 2.65. The Morgan fingerprint density at radius 1 is 0.867 bits per heavy atom. The second-order valence-corrected chi connectivity index (χ2v) is 11.1. The van der Waals surface area contributed by atoms with Gasteiger partial charge < -0.3 is 9.16 Å². The Morgan fingerprint density at radius 3 is 1.67 bits per heavy atom. The van der Waals surface area contributed by atoms with E-state index in [2.05, 4.69) is 33.9 Å². The van der Waals surface area contributed by atoms with Gasteiger partial charge in [0.1, 0.15) is 12.5 Å². The van der Waals surface area contributed by atoms with Crippen molar-refractivity contribution in [2.24, 2.45) is 0 Å². The lowest BCUT2D eigenvalue weighted by molar-refractivity contribution is 0.0729. The van der Waals surface area contributed by atoms with E-state index in [0.717, 1.165) is 0 Å². The predicted molar refractivity (Wildman–Crippen MR) is 68.3 cm³/mol. The molecule has 0 unspecified atom stereocenters. The van der Waals surface area contributed by atoms with Crippen molar-refractivity contribution in [3.63, 3.8) is 0 Å². The maximum Gasteiger partial charge on any atom is 0.249 e. The molecule has 0 aliphatic heterocycles. The Morgan fingerprint density at radius 2 is 1.33 bits per heavy atom. The average molecular weight is 230 g/mol. The van der Waals surface area contributed by atoms with Gasteiger partial charge in [-0.15, -0.1) is 0 Å². The van der Waals surface area contributed by atoms with Crippen LogP contribution in [-0.4, -0.2) is 13.9 Å². The largest absolute Gasteiger partial charge is 0.546 e. The molecule has 0 saturated carbocycles. The topological polar surface area (TPSA) is 18.5 Å². The number of hydrogen-bond donors (Lipinski definition) is 0. The van der Waals surface area contributed by atoms with Crippen LogP contribution in [0.2, 0.25) is 18.1 Å². The highest BCUT2D eigenvalue weighted by atomic mass is 28.4. The number of hydrogen-bond acceptors (Lipinski definition) is 2. The molecule has 0 heterocycles. The molecule has 0 rings (SSSR count). The van der Waals surface area contributed by atoms with Crippen LogP contribution >= 0.6 is 0 Å². The van der Waals surface area contributed by atoms with Crippen molar-refractivity contribution < 1.29 is 9.16 Å². The van der Waals surface area contributed by atoms with Gasteiger partial charge in [0, 0.05) is 0 Å². The van der Waals surface area contributed by atoms with Crippen LogP contribution in [0, 0.1) is 0 Å². The van der Waals surface area contributed by atoms with Crippen molar-refractivity contribution >= 4 is 8.32 Å². The molecule has 15 heavy (non-hydrogen) atoms. The monoisotopic (exact) mass is 230 g/mol. The van der Waals surface area contributed by atoms with Gasteiger partial charge in [-0.1, -0.05) is 20.8 Å². The molecule has 0 aromatic heterocycles. The minimum atomic E-state index is -1.67. The summed E-state index contributed by atoms with van der Waals surface area (Å²) in [5.74, 6) is 0. The van der Waals surface area contributed by atoms with E-state index in [1.165, 1.54) is 0 Å². The zero-order valence-corrected chi connectivity index (χ0v) is 12.5. The van der Waals surface area contributed by atoms with Gasteiger partial charge in [-0.05, 0) is 38.9 Å². The first kappa shape index (κ1) is 14.6. The fourth-order valence-electron chi connectivity index (χ4n) is 0.607. The maximum absolute atomic E-state index is 5.82. The van der Waals surface area contributed by atoms with Crippen molar-refractivity contribution in [2.45, 2.75) is 65.3 Å². The third kappa shape index (κ3) is 5.87. The summed E-state index contributed by atoms with van der Waals surface area (Å²) in [5.41, 5.74) is -0.146. The van der Waals surface area contributed by atoms with E-state index < -0.39 is 8.32 Å². The summed E-state index contributed by atoms with van der Waals surface area (Å²) >= 11 is 0. The van der Waals surface area contributed by atoms with E-state index in [1.54, 1.807) is 12.5 Å². The van der Waals surface area contributed by atoms with Crippen LogP contribution < -0.4 is 0 Å². The summed E-state index contributed by atoms with van der Waals surface area (Å²) in [4.78, 5) is 0. The standard InChI is InChI=1S/C12H26O2Si/c1-11(2,3)13-9-10-14-15(7,8)12(4,5)6/h9-10H,1-8H3. The highest BCUT2D eigenvalue weighted by Crippen LogP contribution is 2.36. The molecular formula is C12H26O2Si. The number of ether oxygens (including phenoxy) is 1. The molecule has 0 bridgehead atoms. The lowest BCUT2D eigenvalue weighted by Gasteiger charge is -2.34. The number of rotatable bonds is 3. The van der Waals surface area contributed by atoms with E-state index in [1.807, 2.05) is 20.8 Å². The van der Waals surface area contributed by atoms with Crippen LogP contribution in [0.15, 0.2) is 12.5 Å². The first-order chi connectivity index (χ1) is 6.46. The quantitative estimate of drug-likeness (QED) is 0.532. The Kier molecular flexibility index (Phi) is 4.46. The lowest BCUT2D eigenvalue weighted by atomic mass is 10.2. The lowest BCUT2D eigenvalue weighted by Crippen LogP contribution is -2.39. The summed E-state index contributed by atoms with van der Waals surface area (Å²) in [5, 5.41) is 0.235. The van der Waals surface area contributed by atoms with Gasteiger partial charge in [-0.2, -0.15) is 0 Å². The summed E-state index contributed by atoms with van der Waals surface area (Å²) in [7, 11) is -1.67. The fraction of sp³-hybridized carbons (Fsp3) is 0.833. The van der Waals surface area contributed by atoms with Gasteiger partial charge in [0.2, 0.25) is 8.32 Å². The molecule has 2 nitrogen and oxygen atoms in total. The van der Waals surface area contributed by atoms with Crippen molar-refractivity contribution in [3.8, 4) is 0 Å². The smallest absolute Gasteiger partial charge is 0.249 e. The minimum absolute atomic E-state index is 0.146. The third-order valence-corrected chi connectivity index (χ3v) is 6.98. The second kappa shape index (κ2) is 4.60. The molecule has 0 aliphatic carbocycles. The Hall–Kier alpha value is -0.443. The molecule has 0 radical (unpaired) electrons. The predicted octanol–water partition coefficient (Wildman–Crippen LogP) is 4.29. The minimum Gasteiger partial charge on any atom is -0.546 e. The van der Waals surface area contributed by atoms with Crippen LogP contribution in [0.4, 0.5) is 0 Å². The van der Waals surface area contributed by atoms with Crippen molar-refractivity contribution in [1.29, 1.82) is 0 Å². The van der Waals surface area contributed by atoms with E-state index in [4.69, 9.17) is 9.16 Å². The van der Waals surface area contributed by atoms with Gasteiger partial charge in [-0.3, -0.25) is 0 Å². The molecule has 0 aromatic carbocycles. The molecular weight excluding hydrogens is 204 g/mol. The molecule has 0 atom stereocenters. The normalized spacial score (nSPS) is 14.4. The summed E-state index contributed by atoms with van der Waals surface area (Å²) in [6, 6.07) is 0. The molecule has 0 aromatic rings. The Balaban J connectivity index is 4.17. The highest BCUT2D eigenvalue weighted by molar-refractivity contribution is 6.74. The van der Waals surface area contributed by atoms with E-state index in [9.17, 15) is 0 Å². The average Bonchev–Trinajstić information content (AvgIpc) is 1.94. The zero-order chi connectivity index (χ0) is 12.3. The van der Waals surface area contributed by atoms with Crippen LogP contribution in [0.3, 0.4) is 0 Å². The van der Waals surface area contributed by atoms with Gasteiger partial charge in [0.25, 0.3) is 0 Å². The summed E-state index contributed by atoms with van der Waals surface area (Å²) in [6.45, 7) is 17.1. The summed E-state index contributed by atoms with van der Waals surface area (Å²) < 4.78 is 11.3. The Bertz CT molecular complexity index is 219. The molecule has 0 amide bonds. The maximum atomic E-state index is 5.82. The molecule has 0 spiro atoms. The van der Waals surface area contributed by atoms with Crippen LogP contribution in [0.5, 0.6) is 0 Å². The molecule has 3 heteroatoms. The van der Waals surface area contributed by atoms with E-state index in [-0.39, 0.29) is 10.6 Å². The fourth-order valence-corrected chi connectivity index (χ4v) is 1.36. The molecule has 90 valence electrons. The summed E-state index contributed by atoms with van der Waals surface area (Å²) in [6.07, 6.45) is 3.35. The van der Waals surface area contributed by atoms with Gasteiger partial charge in [0.05, 0.1) is 5.60 Å². The first-order valence-electron chi connectivity index (χ1n) is 5.46. The second-order valence-electron chi connectivity index (χ2n) is 6.38. The van der Waals surface area contributed by atoms with Crippen LogP contribution in [0.1, 0.15) is 41.5 Å². The van der Waals surface area contributed by atoms with Crippen LogP contribution in [0.25, 0.3) is 0 Å². The first-order valence-corrected chi connectivity index (χ1v) is 8.37. The molecule has 0 saturated heterocycles. The zero-order valence-electron chi connectivity index (χ0n) is 11.5. The molecule has 0 fully saturated rings. The van der Waals surface area contributed by atoms with E-state index >= 15 is 0 Å². The van der Waals surface area contributed by atoms with Crippen molar-refractivity contribution in [3.05, 3.63) is 12.5 Å². The SMILES string of the molecule is CC(C)(C)OC=CO[Si](C)(C)C(C)(C)C. The van der Waals surface area contributed by atoms with Crippen molar-refractivity contribution in [2.75, 3.05) is 0 Å². The van der Waals surface area contributed by atoms with E-state index in [0.29, 0.717) is 0 Å².